The van der Waals surface area contributed by atoms with E-state index >= 15 is 0 Å². The summed E-state index contributed by atoms with van der Waals surface area (Å²) in [4.78, 5) is 15.7. The molecule has 0 atom stereocenters. The van der Waals surface area contributed by atoms with Gasteiger partial charge in [0.2, 0.25) is 0 Å². The fourth-order valence-electron chi connectivity index (χ4n) is 10.8. The zero-order valence-electron chi connectivity index (χ0n) is 28.7. The van der Waals surface area contributed by atoms with Crippen LogP contribution < -0.4 is 0 Å². The minimum absolute atomic E-state index is 0.331. The summed E-state index contributed by atoms with van der Waals surface area (Å²) in [5.74, 6) is 4.50. The van der Waals surface area contributed by atoms with Crippen LogP contribution in [0.3, 0.4) is 0 Å². The van der Waals surface area contributed by atoms with Crippen molar-refractivity contribution in [3.8, 4) is 34.2 Å². The molecule has 0 unspecified atom stereocenters. The maximum Gasteiger partial charge on any atom is 0.167 e. The van der Waals surface area contributed by atoms with Crippen LogP contribution in [0.15, 0.2) is 130 Å². The second kappa shape index (κ2) is 10.6. The molecule has 0 radical (unpaired) electrons. The molecule has 250 valence electrons. The Hall–Kier alpha value is -5.81. The van der Waals surface area contributed by atoms with Gasteiger partial charge in [0.1, 0.15) is 22.3 Å². The highest BCUT2D eigenvalue weighted by Gasteiger charge is 2.51. The molecule has 4 fully saturated rings. The fourth-order valence-corrected chi connectivity index (χ4v) is 10.8. The molecule has 0 N–H and O–H groups in total. The van der Waals surface area contributed by atoms with Crippen molar-refractivity contribution < 1.29 is 8.83 Å². The van der Waals surface area contributed by atoms with E-state index in [1.807, 2.05) is 24.3 Å². The number of benzene rings is 6. The molecule has 5 heteroatoms. The number of para-hydroxylation sites is 3. The molecule has 52 heavy (non-hydrogen) atoms. The number of fused-ring (bicyclic) bond motifs is 8. The highest BCUT2D eigenvalue weighted by Crippen LogP contribution is 2.60. The fraction of sp³-hybridized carbons (Fsp3) is 0.213. The molecule has 5 nitrogen and oxygen atoms in total. The normalized spacial score (nSPS) is 22.4. The highest BCUT2D eigenvalue weighted by molar-refractivity contribution is 6.22. The van der Waals surface area contributed by atoms with E-state index in [9.17, 15) is 0 Å². The van der Waals surface area contributed by atoms with Gasteiger partial charge in [-0.25, -0.2) is 15.0 Å². The van der Waals surface area contributed by atoms with Crippen LogP contribution in [0.2, 0.25) is 0 Å². The second-order valence-electron chi connectivity index (χ2n) is 15.8. The Morgan fingerprint density at radius 2 is 1.06 bits per heavy atom. The van der Waals surface area contributed by atoms with E-state index in [0.717, 1.165) is 89.1 Å². The number of aromatic nitrogens is 3. The molecule has 0 amide bonds. The van der Waals surface area contributed by atoms with E-state index < -0.39 is 0 Å². The first-order chi connectivity index (χ1) is 25.7. The third-order valence-electron chi connectivity index (χ3n) is 12.7. The topological polar surface area (TPSA) is 65.0 Å². The molecule has 13 rings (SSSR count). The van der Waals surface area contributed by atoms with E-state index in [1.54, 1.807) is 0 Å². The smallest absolute Gasteiger partial charge is 0.167 e. The van der Waals surface area contributed by atoms with Gasteiger partial charge in [-0.3, -0.25) is 0 Å². The van der Waals surface area contributed by atoms with Crippen molar-refractivity contribution in [1.82, 2.24) is 15.0 Å². The Morgan fingerprint density at radius 3 is 1.81 bits per heavy atom. The lowest BCUT2D eigenvalue weighted by Gasteiger charge is -2.57. The number of hydrogen-bond donors (Lipinski definition) is 0. The largest absolute Gasteiger partial charge is 0.455 e. The molecular formula is C47H35N3O2. The molecule has 0 aliphatic heterocycles. The van der Waals surface area contributed by atoms with Gasteiger partial charge in [-0.2, -0.15) is 0 Å². The Kier molecular flexibility index (Phi) is 5.89. The van der Waals surface area contributed by atoms with Gasteiger partial charge >= 0.3 is 0 Å². The Morgan fingerprint density at radius 1 is 0.481 bits per heavy atom. The van der Waals surface area contributed by atoms with Crippen LogP contribution in [-0.2, 0) is 5.41 Å². The number of hydrogen-bond acceptors (Lipinski definition) is 5. The van der Waals surface area contributed by atoms with Gasteiger partial charge in [0.05, 0.1) is 11.1 Å². The van der Waals surface area contributed by atoms with Gasteiger partial charge in [0, 0.05) is 27.1 Å². The number of furan rings is 2. The van der Waals surface area contributed by atoms with Crippen LogP contribution >= 0.6 is 0 Å². The van der Waals surface area contributed by atoms with Gasteiger partial charge in [0.15, 0.2) is 17.5 Å². The molecule has 9 aromatic rings. The molecule has 3 heterocycles. The average Bonchev–Trinajstić information content (AvgIpc) is 3.76. The van der Waals surface area contributed by atoms with Crippen molar-refractivity contribution in [3.05, 3.63) is 127 Å². The average molecular weight is 674 g/mol. The lowest BCUT2D eigenvalue weighted by Crippen LogP contribution is -2.48. The van der Waals surface area contributed by atoms with Crippen molar-refractivity contribution in [2.24, 2.45) is 17.8 Å². The van der Waals surface area contributed by atoms with Crippen LogP contribution in [0.1, 0.15) is 44.1 Å². The summed E-state index contributed by atoms with van der Waals surface area (Å²) in [6.07, 6.45) is 8.36. The van der Waals surface area contributed by atoms with Crippen LogP contribution in [0.5, 0.6) is 0 Å². The Balaban J connectivity index is 1.08. The van der Waals surface area contributed by atoms with Crippen molar-refractivity contribution >= 4 is 54.6 Å². The Labute approximate surface area is 300 Å². The van der Waals surface area contributed by atoms with Crippen LogP contribution in [-0.4, -0.2) is 15.0 Å². The molecule has 6 aromatic carbocycles. The maximum absolute atomic E-state index is 6.66. The molecule has 4 bridgehead atoms. The maximum atomic E-state index is 6.66. The van der Waals surface area contributed by atoms with Gasteiger partial charge in [0.25, 0.3) is 0 Å². The number of nitrogens with zero attached hydrogens (tertiary/aromatic N) is 3. The first-order valence-electron chi connectivity index (χ1n) is 18.8. The van der Waals surface area contributed by atoms with Crippen LogP contribution in [0, 0.1) is 17.8 Å². The first kappa shape index (κ1) is 28.8. The molecule has 3 aromatic heterocycles. The molecule has 4 aliphatic rings. The van der Waals surface area contributed by atoms with E-state index in [0.29, 0.717) is 22.9 Å². The van der Waals surface area contributed by atoms with Crippen molar-refractivity contribution in [2.45, 2.75) is 43.9 Å². The molecule has 4 aliphatic carbocycles. The lowest BCUT2D eigenvalue weighted by atomic mass is 9.48. The lowest BCUT2D eigenvalue weighted by molar-refractivity contribution is -0.00518. The Bertz CT molecular complexity index is 2860. The molecular weight excluding hydrogens is 639 g/mol. The van der Waals surface area contributed by atoms with Crippen LogP contribution in [0.4, 0.5) is 0 Å². The zero-order valence-corrected chi connectivity index (χ0v) is 28.7. The summed E-state index contributed by atoms with van der Waals surface area (Å²) >= 11 is 0. The third kappa shape index (κ3) is 4.19. The predicted octanol–water partition coefficient (Wildman–Crippen LogP) is 12.3. The summed E-state index contributed by atoms with van der Waals surface area (Å²) in [6, 6.07) is 42.6. The standard InChI is InChI=1S/C47H35N3O2/c1-2-9-33-31(8-1)23-38(43-41(33)36-11-4-6-15-40(36)52-43)46-49-44(30-16-18-32(19-17-30)47-24-27-20-28(25-47)22-29(21-27)26-47)48-45(50-46)37-13-7-12-35-34-10-3-5-14-39(34)51-42(35)37/h1-19,23,27-29H,20-22,24-26H2. The third-order valence-corrected chi connectivity index (χ3v) is 12.7. The number of rotatable bonds is 4. The minimum atomic E-state index is 0.331. The van der Waals surface area contributed by atoms with Gasteiger partial charge in [-0.1, -0.05) is 97.1 Å². The van der Waals surface area contributed by atoms with E-state index in [2.05, 4.69) is 97.1 Å². The zero-order chi connectivity index (χ0) is 34.0. The van der Waals surface area contributed by atoms with E-state index in [1.165, 1.54) is 44.1 Å². The predicted molar refractivity (Wildman–Crippen MR) is 208 cm³/mol. The second-order valence-corrected chi connectivity index (χ2v) is 15.8. The summed E-state index contributed by atoms with van der Waals surface area (Å²) in [5, 5.41) is 6.53. The summed E-state index contributed by atoms with van der Waals surface area (Å²) in [7, 11) is 0. The van der Waals surface area contributed by atoms with Gasteiger partial charge in [-0.15, -0.1) is 0 Å². The molecule has 0 spiro atoms. The quantitative estimate of drug-likeness (QED) is 0.186. The van der Waals surface area contributed by atoms with E-state index in [4.69, 9.17) is 23.8 Å². The van der Waals surface area contributed by atoms with Crippen LogP contribution in [0.25, 0.3) is 88.8 Å². The molecule has 0 saturated heterocycles. The summed E-state index contributed by atoms with van der Waals surface area (Å²) in [5.41, 5.74) is 7.74. The summed E-state index contributed by atoms with van der Waals surface area (Å²) in [6.45, 7) is 0. The highest BCUT2D eigenvalue weighted by atomic mass is 16.3. The first-order valence-corrected chi connectivity index (χ1v) is 18.8. The van der Waals surface area contributed by atoms with E-state index in [-0.39, 0.29) is 0 Å². The van der Waals surface area contributed by atoms with Crippen molar-refractivity contribution in [3.63, 3.8) is 0 Å². The minimum Gasteiger partial charge on any atom is -0.455 e. The van der Waals surface area contributed by atoms with Gasteiger partial charge in [-0.05, 0) is 102 Å². The monoisotopic (exact) mass is 673 g/mol. The van der Waals surface area contributed by atoms with Crippen molar-refractivity contribution in [2.75, 3.05) is 0 Å². The van der Waals surface area contributed by atoms with Crippen molar-refractivity contribution in [1.29, 1.82) is 0 Å². The SMILES string of the molecule is c1ccc2c(c1)cc(-c1nc(-c3ccc(C45CC6CC(CC(C6)C4)C5)cc3)nc(-c3cccc4c3oc3ccccc34)n1)c1oc3ccccc3c12. The summed E-state index contributed by atoms with van der Waals surface area (Å²) < 4.78 is 13.2. The van der Waals surface area contributed by atoms with Gasteiger partial charge < -0.3 is 8.83 Å². The molecule has 4 saturated carbocycles.